The highest BCUT2D eigenvalue weighted by Crippen LogP contribution is 2.29. The molecule has 0 saturated carbocycles. The van der Waals surface area contributed by atoms with Gasteiger partial charge in [0, 0.05) is 38.9 Å². The second-order valence-electron chi connectivity index (χ2n) is 8.00. The third-order valence-corrected chi connectivity index (χ3v) is 5.90. The molecule has 3 rings (SSSR count). The Bertz CT molecular complexity index is 835. The topological polar surface area (TPSA) is 62.4 Å². The maximum atomic E-state index is 4.43. The molecule has 0 spiro atoms. The number of rotatable bonds is 12. The monoisotopic (exact) mass is 421 g/mol. The minimum atomic E-state index is -0.0773. The summed E-state index contributed by atoms with van der Waals surface area (Å²) in [5.74, 6) is 0.838. The Labute approximate surface area is 186 Å². The van der Waals surface area contributed by atoms with Crippen LogP contribution in [0.4, 0.5) is 0 Å². The fraction of sp³-hybridized carbons (Fsp3) is 0.500. The molecule has 0 bridgehead atoms. The first-order valence-electron chi connectivity index (χ1n) is 11.3. The molecule has 31 heavy (non-hydrogen) atoms. The van der Waals surface area contributed by atoms with Gasteiger partial charge < -0.3 is 4.90 Å². The molecule has 1 unspecified atom stereocenters. The number of unbranched alkanes of at least 4 members (excludes halogenated alkanes) is 2. The van der Waals surface area contributed by atoms with Gasteiger partial charge in [-0.15, -0.1) is 5.10 Å². The van der Waals surface area contributed by atoms with E-state index in [0.29, 0.717) is 0 Å². The minimum absolute atomic E-state index is 0.0773. The number of hydrogen-bond acceptors (Lipinski definition) is 6. The summed E-state index contributed by atoms with van der Waals surface area (Å²) in [7, 11) is 0. The maximum absolute atomic E-state index is 4.43. The Morgan fingerprint density at radius 1 is 1.13 bits per heavy atom. The van der Waals surface area contributed by atoms with Gasteiger partial charge in [0.1, 0.15) is 0 Å². The molecule has 166 valence electrons. The Kier molecular flexibility index (Phi) is 9.12. The number of benzene rings is 1. The lowest BCUT2D eigenvalue weighted by atomic mass is 10.0. The number of tetrazole rings is 1. The SMILES string of the molecule is C=C/C(=C\N=C)C(c1nnnn1CCc1ccccc1)N1CCN(CCCCC)CC1. The third kappa shape index (κ3) is 6.42. The van der Waals surface area contributed by atoms with Gasteiger partial charge in [-0.2, -0.15) is 0 Å². The molecule has 0 aliphatic carbocycles. The van der Waals surface area contributed by atoms with Crippen LogP contribution in [-0.2, 0) is 13.0 Å². The van der Waals surface area contributed by atoms with Crippen LogP contribution in [0.2, 0.25) is 0 Å². The molecule has 0 amide bonds. The summed E-state index contributed by atoms with van der Waals surface area (Å²) in [6.07, 6.45) is 8.34. The van der Waals surface area contributed by atoms with E-state index in [1.807, 2.05) is 16.8 Å². The molecule has 1 fully saturated rings. The number of aromatic nitrogens is 4. The van der Waals surface area contributed by atoms with E-state index >= 15 is 0 Å². The third-order valence-electron chi connectivity index (χ3n) is 5.90. The van der Waals surface area contributed by atoms with Crippen LogP contribution >= 0.6 is 0 Å². The number of aliphatic imine (C=N–C) groups is 1. The van der Waals surface area contributed by atoms with Crippen molar-refractivity contribution < 1.29 is 0 Å². The molecule has 7 heteroatoms. The first-order chi connectivity index (χ1) is 15.3. The fourth-order valence-corrected chi connectivity index (χ4v) is 4.14. The van der Waals surface area contributed by atoms with Gasteiger partial charge in [0.05, 0.1) is 6.04 Å². The summed E-state index contributed by atoms with van der Waals surface area (Å²) in [5.41, 5.74) is 2.25. The zero-order valence-electron chi connectivity index (χ0n) is 18.7. The van der Waals surface area contributed by atoms with Crippen LogP contribution < -0.4 is 0 Å². The van der Waals surface area contributed by atoms with Crippen LogP contribution in [0, 0.1) is 0 Å². The van der Waals surface area contributed by atoms with Crippen molar-refractivity contribution in [3.05, 3.63) is 66.1 Å². The van der Waals surface area contributed by atoms with Crippen molar-refractivity contribution in [3.63, 3.8) is 0 Å². The quantitative estimate of drug-likeness (QED) is 0.298. The van der Waals surface area contributed by atoms with Gasteiger partial charge in [0.15, 0.2) is 5.82 Å². The lowest BCUT2D eigenvalue weighted by Crippen LogP contribution is -2.48. The second-order valence-corrected chi connectivity index (χ2v) is 8.00. The van der Waals surface area contributed by atoms with Crippen LogP contribution in [0.3, 0.4) is 0 Å². The van der Waals surface area contributed by atoms with E-state index in [4.69, 9.17) is 0 Å². The van der Waals surface area contributed by atoms with Gasteiger partial charge in [-0.05, 0) is 47.7 Å². The molecular weight excluding hydrogens is 386 g/mol. The van der Waals surface area contributed by atoms with Crippen molar-refractivity contribution in [1.29, 1.82) is 0 Å². The lowest BCUT2D eigenvalue weighted by Gasteiger charge is -2.39. The van der Waals surface area contributed by atoms with Crippen LogP contribution in [0.15, 0.2) is 59.8 Å². The highest BCUT2D eigenvalue weighted by atomic mass is 15.6. The molecule has 1 aliphatic rings. The zero-order chi connectivity index (χ0) is 21.9. The smallest absolute Gasteiger partial charge is 0.173 e. The molecule has 1 aromatic carbocycles. The Balaban J connectivity index is 1.75. The molecule has 0 radical (unpaired) electrons. The predicted molar refractivity (Wildman–Crippen MR) is 126 cm³/mol. The summed E-state index contributed by atoms with van der Waals surface area (Å²) in [6.45, 7) is 15.9. The molecular formula is C24H35N7. The minimum Gasteiger partial charge on any atom is -0.301 e. The van der Waals surface area contributed by atoms with Crippen molar-refractivity contribution >= 4 is 6.72 Å². The highest BCUT2D eigenvalue weighted by Gasteiger charge is 2.31. The Hall–Kier alpha value is -2.64. The number of aryl methyl sites for hydroxylation is 2. The van der Waals surface area contributed by atoms with E-state index in [2.05, 4.69) is 74.8 Å². The van der Waals surface area contributed by atoms with Crippen LogP contribution in [0.25, 0.3) is 0 Å². The van der Waals surface area contributed by atoms with Crippen molar-refractivity contribution in [1.82, 2.24) is 30.0 Å². The summed E-state index contributed by atoms with van der Waals surface area (Å²) in [4.78, 5) is 9.03. The molecule has 1 saturated heterocycles. The molecule has 2 heterocycles. The number of hydrogen-bond donors (Lipinski definition) is 0. The molecule has 1 aliphatic heterocycles. The Morgan fingerprint density at radius 3 is 2.58 bits per heavy atom. The van der Waals surface area contributed by atoms with Crippen molar-refractivity contribution in [2.24, 2.45) is 4.99 Å². The number of nitrogens with zero attached hydrogens (tertiary/aromatic N) is 7. The lowest BCUT2D eigenvalue weighted by molar-refractivity contribution is 0.103. The summed E-state index contributed by atoms with van der Waals surface area (Å²) in [6, 6.07) is 10.4. The van der Waals surface area contributed by atoms with E-state index in [1.165, 1.54) is 31.4 Å². The van der Waals surface area contributed by atoms with Gasteiger partial charge >= 0.3 is 0 Å². The van der Waals surface area contributed by atoms with Crippen molar-refractivity contribution in [2.75, 3.05) is 32.7 Å². The maximum Gasteiger partial charge on any atom is 0.173 e. The first kappa shape index (κ1) is 23.0. The zero-order valence-corrected chi connectivity index (χ0v) is 18.7. The van der Waals surface area contributed by atoms with E-state index in [1.54, 1.807) is 6.20 Å². The van der Waals surface area contributed by atoms with Crippen LogP contribution in [0.5, 0.6) is 0 Å². The van der Waals surface area contributed by atoms with E-state index < -0.39 is 0 Å². The molecule has 0 N–H and O–H groups in total. The van der Waals surface area contributed by atoms with Gasteiger partial charge in [0.2, 0.25) is 0 Å². The fourth-order valence-electron chi connectivity index (χ4n) is 4.14. The number of piperazine rings is 1. The summed E-state index contributed by atoms with van der Waals surface area (Å²) in [5, 5.41) is 12.7. The largest absolute Gasteiger partial charge is 0.301 e. The van der Waals surface area contributed by atoms with Crippen molar-refractivity contribution in [2.45, 2.75) is 45.2 Å². The summed E-state index contributed by atoms with van der Waals surface area (Å²) >= 11 is 0. The van der Waals surface area contributed by atoms with Gasteiger partial charge in [-0.1, -0.05) is 62.8 Å². The summed E-state index contributed by atoms with van der Waals surface area (Å²) < 4.78 is 1.92. The highest BCUT2D eigenvalue weighted by molar-refractivity contribution is 5.32. The molecule has 7 nitrogen and oxygen atoms in total. The van der Waals surface area contributed by atoms with Gasteiger partial charge in [0.25, 0.3) is 0 Å². The van der Waals surface area contributed by atoms with Crippen LogP contribution in [0.1, 0.15) is 43.6 Å². The Morgan fingerprint density at radius 2 is 1.90 bits per heavy atom. The molecule has 2 aromatic rings. The van der Waals surface area contributed by atoms with Crippen LogP contribution in [-0.4, -0.2) is 69.4 Å². The molecule has 1 atom stereocenters. The van der Waals surface area contributed by atoms with Gasteiger partial charge in [-0.3, -0.25) is 9.89 Å². The normalized spacial score (nSPS) is 16.9. The van der Waals surface area contributed by atoms with Crippen molar-refractivity contribution in [3.8, 4) is 0 Å². The first-order valence-corrected chi connectivity index (χ1v) is 11.3. The molecule has 1 aromatic heterocycles. The van der Waals surface area contributed by atoms with E-state index in [-0.39, 0.29) is 6.04 Å². The average Bonchev–Trinajstić information content (AvgIpc) is 3.27. The standard InChI is InChI=1S/C24H35N7/c1-4-6-10-14-29-16-18-30(19-17-29)23(22(5-2)20-25-3)24-26-27-28-31(24)15-13-21-11-8-7-9-12-21/h5,7-9,11-12,20,23H,2-4,6,10,13-19H2,1H3/b22-20+. The van der Waals surface area contributed by atoms with E-state index in [0.717, 1.165) is 50.5 Å². The van der Waals surface area contributed by atoms with E-state index in [9.17, 15) is 0 Å². The van der Waals surface area contributed by atoms with Gasteiger partial charge in [-0.25, -0.2) is 4.68 Å². The second kappa shape index (κ2) is 12.3. The predicted octanol–water partition coefficient (Wildman–Crippen LogP) is 3.54. The average molecular weight is 422 g/mol.